The molecule has 0 spiro atoms. The normalized spacial score (nSPS) is 23.4. The van der Waals surface area contributed by atoms with Crippen LogP contribution in [-0.4, -0.2) is 83.8 Å². The molecule has 0 radical (unpaired) electrons. The highest BCUT2D eigenvalue weighted by Crippen LogP contribution is 2.26. The van der Waals surface area contributed by atoms with Gasteiger partial charge >= 0.3 is 0 Å². The van der Waals surface area contributed by atoms with Crippen LogP contribution in [0.2, 0.25) is 0 Å². The van der Waals surface area contributed by atoms with Gasteiger partial charge < -0.3 is 20.0 Å². The van der Waals surface area contributed by atoms with E-state index in [0.717, 1.165) is 19.6 Å². The Morgan fingerprint density at radius 1 is 1.16 bits per heavy atom. The predicted molar refractivity (Wildman–Crippen MR) is 95.8 cm³/mol. The van der Waals surface area contributed by atoms with Gasteiger partial charge in [-0.15, -0.1) is 0 Å². The third-order valence-corrected chi connectivity index (χ3v) is 5.46. The van der Waals surface area contributed by atoms with Crippen LogP contribution in [0.1, 0.15) is 11.1 Å². The molecule has 0 unspecified atom stereocenters. The van der Waals surface area contributed by atoms with E-state index in [2.05, 4.69) is 21.9 Å². The number of fused-ring (bicyclic) bond motifs is 1. The third kappa shape index (κ3) is 4.39. The lowest BCUT2D eigenvalue weighted by molar-refractivity contribution is -0.131. The summed E-state index contributed by atoms with van der Waals surface area (Å²) >= 11 is 0. The van der Waals surface area contributed by atoms with Crippen molar-refractivity contribution < 1.29 is 15.0 Å². The number of aliphatic hydroxyl groups excluding tert-OH is 2. The highest BCUT2D eigenvalue weighted by atomic mass is 16.3. The first-order valence-corrected chi connectivity index (χ1v) is 9.08. The monoisotopic (exact) mass is 347 g/mol. The van der Waals surface area contributed by atoms with E-state index in [0.29, 0.717) is 26.2 Å². The lowest BCUT2D eigenvalue weighted by Crippen LogP contribution is -2.38. The molecule has 3 rings (SSSR count). The van der Waals surface area contributed by atoms with Gasteiger partial charge in [-0.05, 0) is 24.1 Å². The molecule has 138 valence electrons. The first kappa shape index (κ1) is 18.3. The fourth-order valence-corrected chi connectivity index (χ4v) is 4.03. The van der Waals surface area contributed by atoms with Crippen LogP contribution in [0.15, 0.2) is 24.3 Å². The molecule has 2 aliphatic rings. The molecule has 2 N–H and O–H groups in total. The van der Waals surface area contributed by atoms with Crippen molar-refractivity contribution in [3.05, 3.63) is 35.4 Å². The van der Waals surface area contributed by atoms with Crippen LogP contribution in [0.5, 0.6) is 0 Å². The molecule has 2 atom stereocenters. The van der Waals surface area contributed by atoms with E-state index < -0.39 is 0 Å². The summed E-state index contributed by atoms with van der Waals surface area (Å²) in [7, 11) is 1.97. The van der Waals surface area contributed by atoms with Gasteiger partial charge in [-0.1, -0.05) is 24.3 Å². The standard InChI is InChI=1S/C19H29N3O3/c1-20(6-7-23)8-17-11-22(12-18(17)14-24)19(25)13-21-9-15-4-2-3-5-16(15)10-21/h2-5,17-18,23-24H,6-14H2,1H3/t17-,18-/m1/s1. The van der Waals surface area contributed by atoms with Gasteiger partial charge in [0.25, 0.3) is 0 Å². The summed E-state index contributed by atoms with van der Waals surface area (Å²) in [6, 6.07) is 8.35. The lowest BCUT2D eigenvalue weighted by Gasteiger charge is -2.23. The Morgan fingerprint density at radius 2 is 1.80 bits per heavy atom. The summed E-state index contributed by atoms with van der Waals surface area (Å²) in [5, 5.41) is 18.7. The molecule has 0 bridgehead atoms. The zero-order chi connectivity index (χ0) is 17.8. The number of hydrogen-bond acceptors (Lipinski definition) is 5. The van der Waals surface area contributed by atoms with E-state index in [9.17, 15) is 9.90 Å². The van der Waals surface area contributed by atoms with E-state index in [-0.39, 0.29) is 31.0 Å². The minimum atomic E-state index is 0.108. The van der Waals surface area contributed by atoms with Crippen molar-refractivity contribution in [1.29, 1.82) is 0 Å². The SMILES string of the molecule is CN(CCO)C[C@@H]1CN(C(=O)CN2Cc3ccccc3C2)C[C@@H]1CO. The average molecular weight is 347 g/mol. The third-order valence-electron chi connectivity index (χ3n) is 5.46. The highest BCUT2D eigenvalue weighted by molar-refractivity contribution is 5.78. The van der Waals surface area contributed by atoms with Gasteiger partial charge in [0.2, 0.25) is 5.91 Å². The number of rotatable bonds is 7. The molecule has 1 fully saturated rings. The second kappa shape index (κ2) is 8.27. The van der Waals surface area contributed by atoms with Gasteiger partial charge in [0.1, 0.15) is 0 Å². The van der Waals surface area contributed by atoms with Crippen molar-refractivity contribution in [2.24, 2.45) is 11.8 Å². The number of amides is 1. The minimum absolute atomic E-state index is 0.108. The van der Waals surface area contributed by atoms with E-state index in [1.807, 2.05) is 24.1 Å². The number of nitrogens with zero attached hydrogens (tertiary/aromatic N) is 3. The Morgan fingerprint density at radius 3 is 2.40 bits per heavy atom. The number of likely N-dealkylation sites (N-methyl/N-ethyl adjacent to an activating group) is 1. The molecule has 0 saturated carbocycles. The molecule has 6 nitrogen and oxygen atoms in total. The van der Waals surface area contributed by atoms with Crippen molar-refractivity contribution in [2.45, 2.75) is 13.1 Å². The fourth-order valence-electron chi connectivity index (χ4n) is 4.03. The zero-order valence-corrected chi connectivity index (χ0v) is 15.0. The van der Waals surface area contributed by atoms with Crippen molar-refractivity contribution in [2.75, 3.05) is 53.0 Å². The van der Waals surface area contributed by atoms with E-state index in [1.54, 1.807) is 0 Å². The molecule has 2 aliphatic heterocycles. The van der Waals surface area contributed by atoms with Crippen molar-refractivity contribution in [3.63, 3.8) is 0 Å². The largest absolute Gasteiger partial charge is 0.396 e. The van der Waals surface area contributed by atoms with Crippen molar-refractivity contribution >= 4 is 5.91 Å². The number of aliphatic hydroxyl groups is 2. The Balaban J connectivity index is 1.53. The number of carbonyl (C=O) groups is 1. The van der Waals surface area contributed by atoms with Gasteiger partial charge in [-0.2, -0.15) is 0 Å². The van der Waals surface area contributed by atoms with Crippen LogP contribution in [0, 0.1) is 11.8 Å². The summed E-state index contributed by atoms with van der Waals surface area (Å²) in [6.45, 7) is 5.09. The Bertz CT molecular complexity index is 570. The van der Waals surface area contributed by atoms with Crippen LogP contribution in [-0.2, 0) is 17.9 Å². The van der Waals surface area contributed by atoms with Crippen LogP contribution >= 0.6 is 0 Å². The quantitative estimate of drug-likeness (QED) is 0.726. The van der Waals surface area contributed by atoms with Crippen LogP contribution in [0.4, 0.5) is 0 Å². The van der Waals surface area contributed by atoms with Gasteiger partial charge in [0.05, 0.1) is 13.2 Å². The molecule has 0 aliphatic carbocycles. The maximum Gasteiger partial charge on any atom is 0.236 e. The smallest absolute Gasteiger partial charge is 0.236 e. The molecule has 1 aromatic rings. The summed E-state index contributed by atoms with van der Waals surface area (Å²) in [6.07, 6.45) is 0. The molecule has 0 aromatic heterocycles. The van der Waals surface area contributed by atoms with Gasteiger partial charge in [-0.3, -0.25) is 9.69 Å². The first-order chi connectivity index (χ1) is 12.1. The van der Waals surface area contributed by atoms with Crippen LogP contribution in [0.25, 0.3) is 0 Å². The molecule has 1 amide bonds. The maximum absolute atomic E-state index is 12.7. The molecule has 1 saturated heterocycles. The number of carbonyl (C=O) groups excluding carboxylic acids is 1. The number of hydrogen-bond donors (Lipinski definition) is 2. The summed E-state index contributed by atoms with van der Waals surface area (Å²) in [4.78, 5) is 18.9. The maximum atomic E-state index is 12.7. The predicted octanol–water partition coefficient (Wildman–Crippen LogP) is -0.00680. The molecular weight excluding hydrogens is 318 g/mol. The lowest BCUT2D eigenvalue weighted by atomic mass is 9.96. The van der Waals surface area contributed by atoms with Gasteiger partial charge in [0, 0.05) is 51.8 Å². The van der Waals surface area contributed by atoms with Crippen molar-refractivity contribution in [1.82, 2.24) is 14.7 Å². The van der Waals surface area contributed by atoms with E-state index in [1.165, 1.54) is 11.1 Å². The second-order valence-electron chi connectivity index (χ2n) is 7.40. The molecule has 6 heteroatoms. The van der Waals surface area contributed by atoms with Crippen LogP contribution < -0.4 is 0 Å². The van der Waals surface area contributed by atoms with Gasteiger partial charge in [-0.25, -0.2) is 0 Å². The van der Waals surface area contributed by atoms with E-state index in [4.69, 9.17) is 5.11 Å². The first-order valence-electron chi connectivity index (χ1n) is 9.08. The summed E-state index contributed by atoms with van der Waals surface area (Å²) < 4.78 is 0. The second-order valence-corrected chi connectivity index (χ2v) is 7.40. The summed E-state index contributed by atoms with van der Waals surface area (Å²) in [5.41, 5.74) is 2.63. The molecule has 2 heterocycles. The topological polar surface area (TPSA) is 67.2 Å². The molecule has 1 aromatic carbocycles. The fraction of sp³-hybridized carbons (Fsp3) is 0.632. The van der Waals surface area contributed by atoms with Gasteiger partial charge in [0.15, 0.2) is 0 Å². The van der Waals surface area contributed by atoms with Crippen molar-refractivity contribution in [3.8, 4) is 0 Å². The minimum Gasteiger partial charge on any atom is -0.396 e. The number of likely N-dealkylation sites (tertiary alicyclic amines) is 1. The highest BCUT2D eigenvalue weighted by Gasteiger charge is 2.36. The van der Waals surface area contributed by atoms with E-state index >= 15 is 0 Å². The molecule has 25 heavy (non-hydrogen) atoms. The zero-order valence-electron chi connectivity index (χ0n) is 15.0. The number of benzene rings is 1. The molecular formula is C19H29N3O3. The Kier molecular flexibility index (Phi) is 6.06. The summed E-state index contributed by atoms with van der Waals surface area (Å²) in [5.74, 6) is 0.542. The Labute approximate surface area is 149 Å². The Hall–Kier alpha value is -1.47. The average Bonchev–Trinajstić information content (AvgIpc) is 3.18. The van der Waals surface area contributed by atoms with Crippen LogP contribution in [0.3, 0.4) is 0 Å².